The van der Waals surface area contributed by atoms with Crippen molar-refractivity contribution in [1.29, 1.82) is 0 Å². The molecule has 27 heavy (non-hydrogen) atoms. The largest absolute Gasteiger partial charge is 0.338 e. The number of rotatable bonds is 5. The molecule has 1 saturated heterocycles. The summed E-state index contributed by atoms with van der Waals surface area (Å²) in [5, 5.41) is 4.27. The maximum absolute atomic E-state index is 12.6. The Labute approximate surface area is 167 Å². The number of likely N-dealkylation sites (tertiary alicyclic amines) is 1. The Kier molecular flexibility index (Phi) is 6.15. The van der Waals surface area contributed by atoms with Crippen LogP contribution >= 0.6 is 23.1 Å². The van der Waals surface area contributed by atoms with Gasteiger partial charge in [-0.3, -0.25) is 4.79 Å². The zero-order valence-electron chi connectivity index (χ0n) is 15.1. The lowest BCUT2D eigenvalue weighted by molar-refractivity contribution is 0.0696. The molecule has 0 bridgehead atoms. The zero-order chi connectivity index (χ0) is 19.6. The van der Waals surface area contributed by atoms with E-state index in [9.17, 15) is 13.2 Å². The summed E-state index contributed by atoms with van der Waals surface area (Å²) >= 11 is 7.04. The molecule has 10 heteroatoms. The molecule has 1 N–H and O–H groups in total. The van der Waals surface area contributed by atoms with Crippen LogP contribution in [-0.4, -0.2) is 48.4 Å². The predicted molar refractivity (Wildman–Crippen MR) is 105 cm³/mol. The van der Waals surface area contributed by atoms with Crippen LogP contribution in [0.2, 0.25) is 5.02 Å². The summed E-state index contributed by atoms with van der Waals surface area (Å²) in [5.41, 5.74) is 1.30. The van der Waals surface area contributed by atoms with Crippen LogP contribution in [0.1, 0.15) is 33.8 Å². The summed E-state index contributed by atoms with van der Waals surface area (Å²) in [6, 6.07) is 4.83. The van der Waals surface area contributed by atoms with Gasteiger partial charge >= 0.3 is 0 Å². The monoisotopic (exact) mass is 428 g/mol. The molecule has 0 unspecified atom stereocenters. The number of aryl methyl sites for hydroxylation is 2. The Hall–Kier alpha value is -1.55. The van der Waals surface area contributed by atoms with Gasteiger partial charge in [-0.1, -0.05) is 22.2 Å². The molecule has 1 aliphatic heterocycles. The number of carbonyl (C=O) groups is 1. The molecule has 1 aliphatic rings. The maximum atomic E-state index is 12.6. The van der Waals surface area contributed by atoms with E-state index in [2.05, 4.69) is 14.3 Å². The van der Waals surface area contributed by atoms with Crippen LogP contribution in [0.4, 0.5) is 0 Å². The molecule has 7 nitrogen and oxygen atoms in total. The molecular weight excluding hydrogens is 408 g/mol. The van der Waals surface area contributed by atoms with E-state index >= 15 is 0 Å². The first-order chi connectivity index (χ1) is 12.8. The lowest BCUT2D eigenvalue weighted by Gasteiger charge is -2.31. The van der Waals surface area contributed by atoms with Crippen molar-refractivity contribution in [2.45, 2.75) is 31.6 Å². The molecule has 1 aromatic heterocycles. The molecule has 0 aliphatic carbocycles. The first-order valence-electron chi connectivity index (χ1n) is 8.62. The summed E-state index contributed by atoms with van der Waals surface area (Å²) in [5.74, 6) is 0.139. The fourth-order valence-electron chi connectivity index (χ4n) is 3.08. The third-order valence-electron chi connectivity index (χ3n) is 4.75. The van der Waals surface area contributed by atoms with Gasteiger partial charge in [0.2, 0.25) is 10.0 Å². The molecule has 2 heterocycles. The molecule has 0 saturated carbocycles. The van der Waals surface area contributed by atoms with Gasteiger partial charge in [-0.25, -0.2) is 13.1 Å². The van der Waals surface area contributed by atoms with Crippen molar-refractivity contribution in [3.8, 4) is 0 Å². The highest BCUT2D eigenvalue weighted by Crippen LogP contribution is 2.23. The van der Waals surface area contributed by atoms with Gasteiger partial charge in [-0.2, -0.15) is 0 Å². The van der Waals surface area contributed by atoms with Crippen molar-refractivity contribution in [2.75, 3.05) is 19.6 Å². The van der Waals surface area contributed by atoms with Crippen LogP contribution < -0.4 is 4.72 Å². The van der Waals surface area contributed by atoms with Crippen LogP contribution in [0.3, 0.4) is 0 Å². The Morgan fingerprint density at radius 1 is 1.33 bits per heavy atom. The number of hydrogen-bond acceptors (Lipinski definition) is 6. The smallest absolute Gasteiger partial charge is 0.267 e. The van der Waals surface area contributed by atoms with E-state index < -0.39 is 10.0 Å². The van der Waals surface area contributed by atoms with E-state index in [0.29, 0.717) is 40.8 Å². The SMILES string of the molecule is Cc1ccc(Cl)cc1S(=O)(=O)NCC1CCN(C(=O)c2snnc2C)CC1. The van der Waals surface area contributed by atoms with Gasteiger partial charge in [0, 0.05) is 24.7 Å². The van der Waals surface area contributed by atoms with Gasteiger partial charge in [-0.15, -0.1) is 5.10 Å². The Balaban J connectivity index is 1.56. The summed E-state index contributed by atoms with van der Waals surface area (Å²) in [4.78, 5) is 15.1. The standard InChI is InChI=1S/C17H21ClN4O3S2/c1-11-3-4-14(18)9-15(11)27(24,25)19-10-13-5-7-22(8-6-13)17(23)16-12(2)20-21-26-16/h3-4,9,13,19H,5-8,10H2,1-2H3. The average Bonchev–Trinajstić information content (AvgIpc) is 3.08. The van der Waals surface area contributed by atoms with Crippen molar-refractivity contribution in [2.24, 2.45) is 5.92 Å². The van der Waals surface area contributed by atoms with E-state index in [0.717, 1.165) is 24.4 Å². The highest BCUT2D eigenvalue weighted by Gasteiger charge is 2.27. The maximum Gasteiger partial charge on any atom is 0.267 e. The predicted octanol–water partition coefficient (Wildman–Crippen LogP) is 2.64. The van der Waals surface area contributed by atoms with Crippen LogP contribution in [-0.2, 0) is 10.0 Å². The number of carbonyl (C=O) groups excluding carboxylic acids is 1. The number of sulfonamides is 1. The van der Waals surface area contributed by atoms with Gasteiger partial charge in [0.15, 0.2) is 0 Å². The van der Waals surface area contributed by atoms with Crippen LogP contribution in [0.25, 0.3) is 0 Å². The molecular formula is C17H21ClN4O3S2. The Bertz CT molecular complexity index is 937. The van der Waals surface area contributed by atoms with E-state index in [4.69, 9.17) is 11.6 Å². The molecule has 1 fully saturated rings. The molecule has 1 amide bonds. The van der Waals surface area contributed by atoms with Crippen LogP contribution in [0.15, 0.2) is 23.1 Å². The number of halogens is 1. The number of aromatic nitrogens is 2. The fourth-order valence-corrected chi connectivity index (χ4v) is 5.33. The number of piperidine rings is 1. The minimum atomic E-state index is -3.61. The first kappa shape index (κ1) is 20.2. The lowest BCUT2D eigenvalue weighted by Crippen LogP contribution is -2.41. The van der Waals surface area contributed by atoms with Gasteiger partial charge in [0.05, 0.1) is 10.6 Å². The Morgan fingerprint density at radius 2 is 2.04 bits per heavy atom. The van der Waals surface area contributed by atoms with Crippen molar-refractivity contribution >= 4 is 39.1 Å². The number of hydrogen-bond donors (Lipinski definition) is 1. The normalized spacial score (nSPS) is 15.9. The molecule has 1 aromatic carbocycles. The highest BCUT2D eigenvalue weighted by molar-refractivity contribution is 7.89. The zero-order valence-corrected chi connectivity index (χ0v) is 17.5. The second kappa shape index (κ2) is 8.22. The third kappa shape index (κ3) is 4.66. The summed E-state index contributed by atoms with van der Waals surface area (Å²) < 4.78 is 31.6. The van der Waals surface area contributed by atoms with Crippen molar-refractivity contribution in [3.63, 3.8) is 0 Å². The second-order valence-electron chi connectivity index (χ2n) is 6.68. The summed E-state index contributed by atoms with van der Waals surface area (Å²) in [6.45, 7) is 5.05. The number of nitrogens with one attached hydrogen (secondary N) is 1. The fraction of sp³-hybridized carbons (Fsp3) is 0.471. The quantitative estimate of drug-likeness (QED) is 0.790. The molecule has 0 atom stereocenters. The first-order valence-corrected chi connectivity index (χ1v) is 11.3. The average molecular weight is 429 g/mol. The molecule has 0 spiro atoms. The van der Waals surface area contributed by atoms with Gasteiger partial charge in [0.25, 0.3) is 5.91 Å². The number of nitrogens with zero attached hydrogens (tertiary/aromatic N) is 3. The molecule has 2 aromatic rings. The van der Waals surface area contributed by atoms with Crippen LogP contribution in [0.5, 0.6) is 0 Å². The van der Waals surface area contributed by atoms with E-state index in [1.54, 1.807) is 30.9 Å². The molecule has 146 valence electrons. The van der Waals surface area contributed by atoms with Gasteiger partial charge in [-0.05, 0) is 61.8 Å². The van der Waals surface area contributed by atoms with Crippen molar-refractivity contribution < 1.29 is 13.2 Å². The minimum Gasteiger partial charge on any atom is -0.338 e. The second-order valence-corrected chi connectivity index (χ2v) is 9.61. The lowest BCUT2D eigenvalue weighted by atomic mass is 9.97. The van der Waals surface area contributed by atoms with Gasteiger partial charge < -0.3 is 4.90 Å². The van der Waals surface area contributed by atoms with E-state index in [-0.39, 0.29) is 16.7 Å². The topological polar surface area (TPSA) is 92.3 Å². The Morgan fingerprint density at radius 3 is 2.67 bits per heavy atom. The number of amides is 1. The number of benzene rings is 1. The van der Waals surface area contributed by atoms with Gasteiger partial charge in [0.1, 0.15) is 4.88 Å². The summed E-state index contributed by atoms with van der Waals surface area (Å²) in [6.07, 6.45) is 1.49. The molecule has 0 radical (unpaired) electrons. The minimum absolute atomic E-state index is 0.0453. The third-order valence-corrected chi connectivity index (χ3v) is 7.37. The van der Waals surface area contributed by atoms with Crippen LogP contribution in [0, 0.1) is 19.8 Å². The van der Waals surface area contributed by atoms with E-state index in [1.165, 1.54) is 6.07 Å². The summed E-state index contributed by atoms with van der Waals surface area (Å²) in [7, 11) is -3.61. The van der Waals surface area contributed by atoms with Crippen molar-refractivity contribution in [3.05, 3.63) is 39.4 Å². The molecule has 3 rings (SSSR count). The highest BCUT2D eigenvalue weighted by atomic mass is 35.5. The van der Waals surface area contributed by atoms with Crippen molar-refractivity contribution in [1.82, 2.24) is 19.2 Å². The van der Waals surface area contributed by atoms with E-state index in [1.807, 2.05) is 0 Å².